The van der Waals surface area contributed by atoms with E-state index in [0.29, 0.717) is 38.0 Å². The molecule has 1 N–H and O–H groups in total. The van der Waals surface area contributed by atoms with Crippen LogP contribution in [0.3, 0.4) is 0 Å². The quantitative estimate of drug-likeness (QED) is 0.757. The first-order valence-corrected chi connectivity index (χ1v) is 10.0. The van der Waals surface area contributed by atoms with Gasteiger partial charge in [-0.3, -0.25) is 19.5 Å². The summed E-state index contributed by atoms with van der Waals surface area (Å²) in [6, 6.07) is 12.5. The Morgan fingerprint density at radius 3 is 2.33 bits per heavy atom. The van der Waals surface area contributed by atoms with Crippen LogP contribution in [0.2, 0.25) is 0 Å². The fourth-order valence-electron chi connectivity index (χ4n) is 4.31. The molecule has 156 valence electrons. The molecular weight excluding hydrogens is 384 g/mol. The van der Waals surface area contributed by atoms with E-state index in [-0.39, 0.29) is 31.0 Å². The number of aliphatic hydroxyl groups is 1. The fraction of sp³-hybridized carbons (Fsp3) is 0.364. The number of β-amino-alcohol motifs (C(OH)–C–C–N with tert-alkyl or cyclic N) is 1. The zero-order valence-electron chi connectivity index (χ0n) is 16.6. The van der Waals surface area contributed by atoms with Crippen LogP contribution in [0, 0.1) is 0 Å². The van der Waals surface area contributed by atoms with E-state index < -0.39 is 5.54 Å². The summed E-state index contributed by atoms with van der Waals surface area (Å²) in [6.45, 7) is 0.756. The lowest BCUT2D eigenvalue weighted by Gasteiger charge is -2.42. The predicted molar refractivity (Wildman–Crippen MR) is 108 cm³/mol. The van der Waals surface area contributed by atoms with Gasteiger partial charge in [0.05, 0.1) is 13.2 Å². The Bertz CT molecular complexity index is 927. The second-order valence-corrected chi connectivity index (χ2v) is 7.59. The average molecular weight is 408 g/mol. The molecule has 1 spiro atoms. The third kappa shape index (κ3) is 3.43. The number of aromatic nitrogens is 1. The standard InChI is InChI=1S/C22H24N4O4/c27-15-14-25-20(29)22(26(21(25)30)16-17-4-2-1-3-5-17)8-12-24(13-9-22)19(28)18-6-10-23-11-7-18/h1-7,10-11,27H,8-9,12-16H2. The van der Waals surface area contributed by atoms with Crippen molar-refractivity contribution in [2.24, 2.45) is 0 Å². The van der Waals surface area contributed by atoms with Crippen LogP contribution in [-0.4, -0.2) is 74.4 Å². The summed E-state index contributed by atoms with van der Waals surface area (Å²) in [6.07, 6.45) is 3.88. The number of hydrogen-bond acceptors (Lipinski definition) is 5. The molecule has 2 aromatic rings. The van der Waals surface area contributed by atoms with E-state index in [2.05, 4.69) is 4.98 Å². The molecule has 0 unspecified atom stereocenters. The molecule has 3 heterocycles. The summed E-state index contributed by atoms with van der Waals surface area (Å²) < 4.78 is 0. The zero-order chi connectivity index (χ0) is 21.1. The van der Waals surface area contributed by atoms with E-state index in [1.165, 1.54) is 0 Å². The molecule has 1 aromatic heterocycles. The molecule has 2 fully saturated rings. The Hall–Kier alpha value is -3.26. The van der Waals surface area contributed by atoms with Gasteiger partial charge in [-0.15, -0.1) is 0 Å². The minimum atomic E-state index is -0.989. The smallest absolute Gasteiger partial charge is 0.328 e. The van der Waals surface area contributed by atoms with Crippen molar-refractivity contribution < 1.29 is 19.5 Å². The third-order valence-electron chi connectivity index (χ3n) is 5.93. The molecular formula is C22H24N4O4. The van der Waals surface area contributed by atoms with Crippen molar-refractivity contribution in [1.82, 2.24) is 19.7 Å². The zero-order valence-corrected chi connectivity index (χ0v) is 16.6. The number of urea groups is 1. The highest BCUT2D eigenvalue weighted by Gasteiger charge is 2.57. The largest absolute Gasteiger partial charge is 0.395 e. The molecule has 0 saturated carbocycles. The van der Waals surface area contributed by atoms with E-state index in [9.17, 15) is 19.5 Å². The van der Waals surface area contributed by atoms with Crippen molar-refractivity contribution in [2.45, 2.75) is 24.9 Å². The highest BCUT2D eigenvalue weighted by molar-refractivity contribution is 6.07. The number of carbonyl (C=O) groups excluding carboxylic acids is 3. The maximum absolute atomic E-state index is 13.3. The molecule has 0 aliphatic carbocycles. The van der Waals surface area contributed by atoms with Gasteiger partial charge in [0.15, 0.2) is 0 Å². The molecule has 0 atom stereocenters. The summed E-state index contributed by atoms with van der Waals surface area (Å²) in [4.78, 5) is 47.5. The SMILES string of the molecule is O=C(c1ccncc1)N1CCC2(CC1)C(=O)N(CCO)C(=O)N2Cc1ccccc1. The summed E-state index contributed by atoms with van der Waals surface area (Å²) in [5, 5.41) is 9.34. The number of benzene rings is 1. The van der Waals surface area contributed by atoms with E-state index in [0.717, 1.165) is 10.5 Å². The van der Waals surface area contributed by atoms with Crippen molar-refractivity contribution in [1.29, 1.82) is 0 Å². The molecule has 0 radical (unpaired) electrons. The Kier molecular flexibility index (Phi) is 5.50. The van der Waals surface area contributed by atoms with Gasteiger partial charge >= 0.3 is 6.03 Å². The molecule has 4 amide bonds. The van der Waals surface area contributed by atoms with Gasteiger partial charge in [-0.25, -0.2) is 4.79 Å². The van der Waals surface area contributed by atoms with Gasteiger partial charge in [0.1, 0.15) is 5.54 Å². The minimum Gasteiger partial charge on any atom is -0.395 e. The van der Waals surface area contributed by atoms with Crippen molar-refractivity contribution in [3.63, 3.8) is 0 Å². The number of rotatable bonds is 5. The molecule has 2 saturated heterocycles. The van der Waals surface area contributed by atoms with Gasteiger partial charge in [-0.2, -0.15) is 0 Å². The van der Waals surface area contributed by atoms with Crippen LogP contribution in [0.4, 0.5) is 4.79 Å². The molecule has 0 bridgehead atoms. The highest BCUT2D eigenvalue weighted by Crippen LogP contribution is 2.38. The summed E-state index contributed by atoms with van der Waals surface area (Å²) >= 11 is 0. The first-order valence-electron chi connectivity index (χ1n) is 10.0. The van der Waals surface area contributed by atoms with Crippen LogP contribution < -0.4 is 0 Å². The Morgan fingerprint density at radius 2 is 1.70 bits per heavy atom. The lowest BCUT2D eigenvalue weighted by atomic mass is 9.85. The van der Waals surface area contributed by atoms with Crippen molar-refractivity contribution in [2.75, 3.05) is 26.2 Å². The van der Waals surface area contributed by atoms with Crippen LogP contribution >= 0.6 is 0 Å². The molecule has 4 rings (SSSR count). The normalized spacial score (nSPS) is 18.4. The second-order valence-electron chi connectivity index (χ2n) is 7.59. The van der Waals surface area contributed by atoms with E-state index in [4.69, 9.17) is 0 Å². The monoisotopic (exact) mass is 408 g/mol. The average Bonchev–Trinajstić information content (AvgIpc) is 2.97. The Balaban J connectivity index is 1.57. The Labute approximate surface area is 174 Å². The lowest BCUT2D eigenvalue weighted by molar-refractivity contribution is -0.135. The number of hydrogen-bond donors (Lipinski definition) is 1. The molecule has 2 aliphatic rings. The molecule has 1 aromatic carbocycles. The molecule has 8 heteroatoms. The van der Waals surface area contributed by atoms with Gasteiger partial charge in [0, 0.05) is 37.6 Å². The van der Waals surface area contributed by atoms with Gasteiger partial charge in [0.25, 0.3) is 11.8 Å². The summed E-state index contributed by atoms with van der Waals surface area (Å²) in [5.74, 6) is -0.390. The van der Waals surface area contributed by atoms with Crippen LogP contribution in [-0.2, 0) is 11.3 Å². The van der Waals surface area contributed by atoms with E-state index >= 15 is 0 Å². The molecule has 30 heavy (non-hydrogen) atoms. The first kappa shape index (κ1) is 20.0. The number of aliphatic hydroxyl groups excluding tert-OH is 1. The minimum absolute atomic E-state index is 0.0234. The van der Waals surface area contributed by atoms with E-state index in [1.807, 2.05) is 30.3 Å². The summed E-state index contributed by atoms with van der Waals surface area (Å²) in [5.41, 5.74) is 0.494. The highest BCUT2D eigenvalue weighted by atomic mass is 16.3. The van der Waals surface area contributed by atoms with Crippen molar-refractivity contribution in [3.05, 3.63) is 66.0 Å². The summed E-state index contributed by atoms with van der Waals surface area (Å²) in [7, 11) is 0. The third-order valence-corrected chi connectivity index (χ3v) is 5.93. The molecule has 8 nitrogen and oxygen atoms in total. The van der Waals surface area contributed by atoms with E-state index in [1.54, 1.807) is 34.3 Å². The topological polar surface area (TPSA) is 94.0 Å². The first-order chi connectivity index (χ1) is 14.6. The van der Waals surface area contributed by atoms with Crippen LogP contribution in [0.5, 0.6) is 0 Å². The number of amides is 4. The maximum Gasteiger partial charge on any atom is 0.328 e. The second kappa shape index (κ2) is 8.23. The van der Waals surface area contributed by atoms with Crippen molar-refractivity contribution >= 4 is 17.8 Å². The number of carbonyl (C=O) groups is 3. The van der Waals surface area contributed by atoms with Gasteiger partial charge in [-0.05, 0) is 30.5 Å². The molecule has 2 aliphatic heterocycles. The van der Waals surface area contributed by atoms with Gasteiger partial charge < -0.3 is 14.9 Å². The number of piperidine rings is 1. The maximum atomic E-state index is 13.3. The van der Waals surface area contributed by atoms with Crippen LogP contribution in [0.15, 0.2) is 54.9 Å². The number of likely N-dealkylation sites (tertiary alicyclic amines) is 1. The number of imide groups is 1. The fourth-order valence-corrected chi connectivity index (χ4v) is 4.31. The van der Waals surface area contributed by atoms with Gasteiger partial charge in [-0.1, -0.05) is 30.3 Å². The predicted octanol–water partition coefficient (Wildman–Crippen LogP) is 1.51. The lowest BCUT2D eigenvalue weighted by Crippen LogP contribution is -2.57. The van der Waals surface area contributed by atoms with Crippen molar-refractivity contribution in [3.8, 4) is 0 Å². The van der Waals surface area contributed by atoms with Crippen LogP contribution in [0.1, 0.15) is 28.8 Å². The number of nitrogens with zero attached hydrogens (tertiary/aromatic N) is 4. The van der Waals surface area contributed by atoms with Gasteiger partial charge in [0.2, 0.25) is 0 Å². The Morgan fingerprint density at radius 1 is 1.03 bits per heavy atom. The number of pyridine rings is 1. The van der Waals surface area contributed by atoms with Crippen LogP contribution in [0.25, 0.3) is 0 Å².